The summed E-state index contributed by atoms with van der Waals surface area (Å²) in [5, 5.41) is 14.7. The van der Waals surface area contributed by atoms with Crippen molar-refractivity contribution in [1.82, 2.24) is 15.4 Å². The number of ether oxygens (including phenoxy) is 1. The predicted octanol–water partition coefficient (Wildman–Crippen LogP) is 4.54. The summed E-state index contributed by atoms with van der Waals surface area (Å²) in [5.41, 5.74) is 5.80. The molecule has 0 radical (unpaired) electrons. The zero-order valence-electron chi connectivity index (χ0n) is 16.4. The molecular weight excluding hydrogens is 460 g/mol. The first-order valence-corrected chi connectivity index (χ1v) is 10.1. The number of pyridine rings is 2. The Bertz CT molecular complexity index is 1290. The van der Waals surface area contributed by atoms with Gasteiger partial charge in [-0.2, -0.15) is 5.10 Å². The quantitative estimate of drug-likeness (QED) is 0.325. The second kappa shape index (κ2) is 8.93. The van der Waals surface area contributed by atoms with E-state index in [1.807, 2.05) is 36.4 Å². The molecule has 2 aromatic carbocycles. The number of nitrogens with zero attached hydrogens (tertiary/aromatic N) is 3. The largest absolute Gasteiger partial charge is 0.503 e. The smallest absolute Gasteiger partial charge is 0.272 e. The van der Waals surface area contributed by atoms with Crippen molar-refractivity contribution in [3.05, 3.63) is 82.6 Å². The maximum Gasteiger partial charge on any atom is 0.272 e. The van der Waals surface area contributed by atoms with E-state index in [0.29, 0.717) is 32.6 Å². The summed E-state index contributed by atoms with van der Waals surface area (Å²) in [6.45, 7) is 0. The van der Waals surface area contributed by atoms with E-state index in [-0.39, 0.29) is 11.7 Å². The number of phenols is 1. The molecule has 0 spiro atoms. The molecule has 0 saturated heterocycles. The fraction of sp³-hybridized carbons (Fsp3) is 0.0435. The van der Waals surface area contributed by atoms with Gasteiger partial charge in [0.1, 0.15) is 0 Å². The molecule has 0 atom stereocenters. The standard InChI is InChI=1S/C23H17BrN4O3/c1-31-21-10-14(9-18(24)22(21)29)12-26-28-23(30)17-11-20(15-5-4-8-25-13-15)27-19-7-3-2-6-16(17)19/h2-13,29H,1H3,(H,28,30)/b26-12+. The van der Waals surface area contributed by atoms with Crippen LogP contribution in [-0.4, -0.2) is 34.3 Å². The normalized spacial score (nSPS) is 11.0. The van der Waals surface area contributed by atoms with Gasteiger partial charge in [-0.15, -0.1) is 0 Å². The number of para-hydroxylation sites is 1. The van der Waals surface area contributed by atoms with Crippen LogP contribution in [0.3, 0.4) is 0 Å². The average Bonchev–Trinajstić information content (AvgIpc) is 2.81. The van der Waals surface area contributed by atoms with Gasteiger partial charge in [0.2, 0.25) is 0 Å². The molecule has 7 nitrogen and oxygen atoms in total. The Kier molecular flexibility index (Phi) is 5.90. The molecule has 0 aliphatic rings. The number of phenolic OH excluding ortho intramolecular Hbond substituents is 1. The number of amides is 1. The third-order valence-corrected chi connectivity index (χ3v) is 5.17. The van der Waals surface area contributed by atoms with Gasteiger partial charge in [-0.05, 0) is 57.9 Å². The van der Waals surface area contributed by atoms with E-state index in [1.54, 1.807) is 30.6 Å². The van der Waals surface area contributed by atoms with Crippen molar-refractivity contribution in [2.75, 3.05) is 7.11 Å². The van der Waals surface area contributed by atoms with Gasteiger partial charge in [0.25, 0.3) is 5.91 Å². The van der Waals surface area contributed by atoms with Crippen LogP contribution in [0, 0.1) is 0 Å². The van der Waals surface area contributed by atoms with Crippen LogP contribution in [0.1, 0.15) is 15.9 Å². The van der Waals surface area contributed by atoms with Gasteiger partial charge in [-0.1, -0.05) is 18.2 Å². The summed E-state index contributed by atoms with van der Waals surface area (Å²) in [6.07, 6.45) is 4.85. The van der Waals surface area contributed by atoms with Crippen LogP contribution in [0.15, 0.2) is 76.6 Å². The van der Waals surface area contributed by atoms with E-state index >= 15 is 0 Å². The van der Waals surface area contributed by atoms with Crippen LogP contribution in [0.25, 0.3) is 22.2 Å². The van der Waals surface area contributed by atoms with Gasteiger partial charge in [0.15, 0.2) is 11.5 Å². The molecule has 154 valence electrons. The Morgan fingerprint density at radius 1 is 1.19 bits per heavy atom. The van der Waals surface area contributed by atoms with Crippen LogP contribution in [0.5, 0.6) is 11.5 Å². The van der Waals surface area contributed by atoms with Crippen LogP contribution < -0.4 is 10.2 Å². The van der Waals surface area contributed by atoms with E-state index in [1.165, 1.54) is 13.3 Å². The van der Waals surface area contributed by atoms with Gasteiger partial charge in [0, 0.05) is 23.3 Å². The van der Waals surface area contributed by atoms with Gasteiger partial charge >= 0.3 is 0 Å². The van der Waals surface area contributed by atoms with Crippen molar-refractivity contribution >= 4 is 39.0 Å². The Labute approximate surface area is 186 Å². The lowest BCUT2D eigenvalue weighted by Gasteiger charge is -2.09. The SMILES string of the molecule is COc1cc(/C=N/NC(=O)c2cc(-c3cccnc3)nc3ccccc23)cc(Br)c1O. The topological polar surface area (TPSA) is 96.7 Å². The van der Waals surface area contributed by atoms with Crippen molar-refractivity contribution in [3.8, 4) is 22.8 Å². The molecule has 0 aliphatic carbocycles. The first-order chi connectivity index (χ1) is 15.1. The highest BCUT2D eigenvalue weighted by Crippen LogP contribution is 2.34. The number of hydrogen-bond donors (Lipinski definition) is 2. The minimum absolute atomic E-state index is 0.00475. The molecule has 0 unspecified atom stereocenters. The molecule has 2 N–H and O–H groups in total. The number of halogens is 1. The highest BCUT2D eigenvalue weighted by Gasteiger charge is 2.14. The molecular formula is C23H17BrN4O3. The van der Waals surface area contributed by atoms with Crippen LogP contribution in [0.4, 0.5) is 0 Å². The maximum atomic E-state index is 12.9. The summed E-state index contributed by atoms with van der Waals surface area (Å²) in [6, 6.07) is 16.1. The third-order valence-electron chi connectivity index (χ3n) is 4.57. The lowest BCUT2D eigenvalue weighted by atomic mass is 10.0. The molecule has 8 heteroatoms. The number of rotatable bonds is 5. The number of methoxy groups -OCH3 is 1. The van der Waals surface area contributed by atoms with Crippen LogP contribution in [0.2, 0.25) is 0 Å². The number of fused-ring (bicyclic) bond motifs is 1. The summed E-state index contributed by atoms with van der Waals surface area (Å²) in [7, 11) is 1.46. The average molecular weight is 477 g/mol. The number of aromatic nitrogens is 2. The summed E-state index contributed by atoms with van der Waals surface area (Å²) >= 11 is 3.26. The van der Waals surface area contributed by atoms with Crippen LogP contribution >= 0.6 is 15.9 Å². The number of carbonyl (C=O) groups excluding carboxylic acids is 1. The molecule has 2 heterocycles. The Morgan fingerprint density at radius 3 is 2.81 bits per heavy atom. The van der Waals surface area contributed by atoms with Crippen LogP contribution in [-0.2, 0) is 0 Å². The number of benzene rings is 2. The summed E-state index contributed by atoms with van der Waals surface area (Å²) in [5.74, 6) is -0.0805. The Morgan fingerprint density at radius 2 is 2.03 bits per heavy atom. The van der Waals surface area contributed by atoms with Gasteiger partial charge in [-0.25, -0.2) is 10.4 Å². The molecule has 1 amide bonds. The highest BCUT2D eigenvalue weighted by molar-refractivity contribution is 9.10. The Balaban J connectivity index is 1.65. The lowest BCUT2D eigenvalue weighted by molar-refractivity contribution is 0.0956. The van der Waals surface area contributed by atoms with E-state index in [9.17, 15) is 9.90 Å². The molecule has 2 aromatic heterocycles. The molecule has 0 aliphatic heterocycles. The van der Waals surface area contributed by atoms with Crippen molar-refractivity contribution in [3.63, 3.8) is 0 Å². The minimum atomic E-state index is -0.371. The summed E-state index contributed by atoms with van der Waals surface area (Å²) in [4.78, 5) is 21.7. The van der Waals surface area contributed by atoms with E-state index in [2.05, 4.69) is 36.4 Å². The number of nitrogens with one attached hydrogen (secondary N) is 1. The number of aromatic hydroxyl groups is 1. The molecule has 31 heavy (non-hydrogen) atoms. The number of carbonyl (C=O) groups is 1. The van der Waals surface area contributed by atoms with E-state index in [4.69, 9.17) is 4.74 Å². The van der Waals surface area contributed by atoms with Gasteiger partial charge in [-0.3, -0.25) is 9.78 Å². The molecule has 4 rings (SSSR count). The van der Waals surface area contributed by atoms with Crippen molar-refractivity contribution < 1.29 is 14.6 Å². The molecule has 0 fully saturated rings. The van der Waals surface area contributed by atoms with E-state index in [0.717, 1.165) is 10.9 Å². The lowest BCUT2D eigenvalue weighted by Crippen LogP contribution is -2.18. The zero-order chi connectivity index (χ0) is 21.8. The van der Waals surface area contributed by atoms with Crippen molar-refractivity contribution in [1.29, 1.82) is 0 Å². The van der Waals surface area contributed by atoms with Gasteiger partial charge < -0.3 is 9.84 Å². The number of hydrogen-bond acceptors (Lipinski definition) is 6. The third kappa shape index (κ3) is 4.39. The minimum Gasteiger partial charge on any atom is -0.503 e. The second-order valence-electron chi connectivity index (χ2n) is 6.57. The van der Waals surface area contributed by atoms with E-state index < -0.39 is 0 Å². The monoisotopic (exact) mass is 476 g/mol. The maximum absolute atomic E-state index is 12.9. The van der Waals surface area contributed by atoms with Crippen molar-refractivity contribution in [2.24, 2.45) is 5.10 Å². The first-order valence-electron chi connectivity index (χ1n) is 9.27. The fourth-order valence-corrected chi connectivity index (χ4v) is 3.53. The summed E-state index contributed by atoms with van der Waals surface area (Å²) < 4.78 is 5.58. The van der Waals surface area contributed by atoms with Crippen molar-refractivity contribution in [2.45, 2.75) is 0 Å². The molecule has 0 saturated carbocycles. The first kappa shape index (κ1) is 20.5. The van der Waals surface area contributed by atoms with Gasteiger partial charge in [0.05, 0.1) is 34.6 Å². The second-order valence-corrected chi connectivity index (χ2v) is 7.42. The number of hydrazone groups is 1. The highest BCUT2D eigenvalue weighted by atomic mass is 79.9. The molecule has 0 bridgehead atoms. The predicted molar refractivity (Wildman–Crippen MR) is 122 cm³/mol. The molecule has 4 aromatic rings. The zero-order valence-corrected chi connectivity index (χ0v) is 18.0. The Hall–Kier alpha value is -3.78. The fourth-order valence-electron chi connectivity index (χ4n) is 3.08.